The summed E-state index contributed by atoms with van der Waals surface area (Å²) in [6.45, 7) is 10.1. The molecule has 0 N–H and O–H groups in total. The fraction of sp³-hybridized carbons (Fsp3) is 0.562. The second-order valence-electron chi connectivity index (χ2n) is 5.30. The van der Waals surface area contributed by atoms with Crippen molar-refractivity contribution in [1.82, 2.24) is 14.5 Å². The van der Waals surface area contributed by atoms with Crippen molar-refractivity contribution < 1.29 is 4.39 Å². The molecule has 2 rings (SSSR count). The number of alkyl halides is 1. The lowest BCUT2D eigenvalue weighted by Gasteiger charge is -2.21. The third-order valence-corrected chi connectivity index (χ3v) is 3.92. The number of halogens is 2. The lowest BCUT2D eigenvalue weighted by molar-refractivity contribution is 0.276. The Bertz CT molecular complexity index is 594. The van der Waals surface area contributed by atoms with Gasteiger partial charge in [-0.25, -0.2) is 9.37 Å². The van der Waals surface area contributed by atoms with E-state index < -0.39 is 0 Å². The topological polar surface area (TPSA) is 21.1 Å². The SMILES string of the molecule is CCCN(CC)CCn1c(C(C)Cl)nc2cc(F)ccc21. The highest BCUT2D eigenvalue weighted by molar-refractivity contribution is 6.20. The number of aromatic nitrogens is 2. The average Bonchev–Trinajstić information content (AvgIpc) is 2.81. The molecule has 0 radical (unpaired) electrons. The van der Waals surface area contributed by atoms with Crippen molar-refractivity contribution in [1.29, 1.82) is 0 Å². The van der Waals surface area contributed by atoms with Crippen LogP contribution in [-0.2, 0) is 6.54 Å². The Balaban J connectivity index is 2.30. The normalized spacial score (nSPS) is 13.2. The molecule has 1 unspecified atom stereocenters. The number of benzene rings is 1. The molecular weight excluding hydrogens is 289 g/mol. The molecule has 3 nitrogen and oxygen atoms in total. The van der Waals surface area contributed by atoms with Gasteiger partial charge in [-0.2, -0.15) is 0 Å². The third-order valence-electron chi connectivity index (χ3n) is 3.72. The Morgan fingerprint density at radius 2 is 2.10 bits per heavy atom. The molecule has 21 heavy (non-hydrogen) atoms. The van der Waals surface area contributed by atoms with Crippen LogP contribution in [0.2, 0.25) is 0 Å². The quantitative estimate of drug-likeness (QED) is 0.714. The molecule has 2 aromatic rings. The molecule has 0 aliphatic heterocycles. The molecule has 0 bridgehead atoms. The first kappa shape index (κ1) is 16.2. The van der Waals surface area contributed by atoms with Crippen molar-refractivity contribution in [2.24, 2.45) is 0 Å². The molecule has 5 heteroatoms. The minimum Gasteiger partial charge on any atom is -0.325 e. The monoisotopic (exact) mass is 311 g/mol. The summed E-state index contributed by atoms with van der Waals surface area (Å²) >= 11 is 6.24. The van der Waals surface area contributed by atoms with Crippen LogP contribution in [0, 0.1) is 5.82 Å². The van der Waals surface area contributed by atoms with Crippen molar-refractivity contribution in [2.45, 2.75) is 39.1 Å². The fourth-order valence-electron chi connectivity index (χ4n) is 2.65. The van der Waals surface area contributed by atoms with E-state index in [1.165, 1.54) is 12.1 Å². The van der Waals surface area contributed by atoms with E-state index in [0.717, 1.165) is 43.9 Å². The summed E-state index contributed by atoms with van der Waals surface area (Å²) in [7, 11) is 0. The maximum atomic E-state index is 13.4. The summed E-state index contributed by atoms with van der Waals surface area (Å²) < 4.78 is 15.5. The Kier molecular flexibility index (Phi) is 5.59. The number of hydrogen-bond acceptors (Lipinski definition) is 2. The standard InChI is InChI=1S/C16H23ClFN3/c1-4-8-20(5-2)9-10-21-15-7-6-13(18)11-14(15)19-16(21)12(3)17/h6-7,11-12H,4-5,8-10H2,1-3H3. The van der Waals surface area contributed by atoms with Crippen LogP contribution in [0.1, 0.15) is 38.4 Å². The highest BCUT2D eigenvalue weighted by Gasteiger charge is 2.15. The first-order chi connectivity index (χ1) is 10.1. The zero-order valence-electron chi connectivity index (χ0n) is 12.9. The van der Waals surface area contributed by atoms with Gasteiger partial charge in [-0.3, -0.25) is 0 Å². The van der Waals surface area contributed by atoms with E-state index in [-0.39, 0.29) is 11.2 Å². The number of hydrogen-bond donors (Lipinski definition) is 0. The number of fused-ring (bicyclic) bond motifs is 1. The summed E-state index contributed by atoms with van der Waals surface area (Å²) in [4.78, 5) is 6.90. The molecule has 1 atom stereocenters. The van der Waals surface area contributed by atoms with Crippen molar-refractivity contribution >= 4 is 22.6 Å². The van der Waals surface area contributed by atoms with Crippen LogP contribution in [0.15, 0.2) is 18.2 Å². The molecule has 1 aromatic heterocycles. The minimum atomic E-state index is -0.262. The van der Waals surface area contributed by atoms with Crippen LogP contribution in [-0.4, -0.2) is 34.1 Å². The predicted octanol–water partition coefficient (Wildman–Crippen LogP) is 4.21. The molecule has 1 aromatic carbocycles. The smallest absolute Gasteiger partial charge is 0.127 e. The number of imidazole rings is 1. The van der Waals surface area contributed by atoms with Gasteiger partial charge < -0.3 is 9.47 Å². The molecule has 0 aliphatic carbocycles. The van der Waals surface area contributed by atoms with E-state index in [0.29, 0.717) is 5.52 Å². The van der Waals surface area contributed by atoms with E-state index in [4.69, 9.17) is 11.6 Å². The second-order valence-corrected chi connectivity index (χ2v) is 5.96. The first-order valence-corrected chi connectivity index (χ1v) is 8.02. The number of nitrogens with zero attached hydrogens (tertiary/aromatic N) is 3. The second kappa shape index (κ2) is 7.23. The highest BCUT2D eigenvalue weighted by atomic mass is 35.5. The van der Waals surface area contributed by atoms with Gasteiger partial charge in [0.15, 0.2) is 0 Å². The van der Waals surface area contributed by atoms with Crippen molar-refractivity contribution in [3.63, 3.8) is 0 Å². The Morgan fingerprint density at radius 1 is 1.33 bits per heavy atom. The maximum absolute atomic E-state index is 13.4. The van der Waals surface area contributed by atoms with Gasteiger partial charge in [0.2, 0.25) is 0 Å². The van der Waals surface area contributed by atoms with Gasteiger partial charge in [0, 0.05) is 19.2 Å². The summed E-state index contributed by atoms with van der Waals surface area (Å²) in [5.74, 6) is 0.548. The first-order valence-electron chi connectivity index (χ1n) is 7.58. The zero-order valence-corrected chi connectivity index (χ0v) is 13.7. The molecular formula is C16H23ClFN3. The van der Waals surface area contributed by atoms with Gasteiger partial charge in [0.05, 0.1) is 16.4 Å². The molecule has 0 saturated heterocycles. The van der Waals surface area contributed by atoms with E-state index in [2.05, 4.69) is 28.3 Å². The van der Waals surface area contributed by atoms with Crippen LogP contribution in [0.4, 0.5) is 4.39 Å². The van der Waals surface area contributed by atoms with Crippen LogP contribution >= 0.6 is 11.6 Å². The van der Waals surface area contributed by atoms with E-state index in [1.54, 1.807) is 6.07 Å². The van der Waals surface area contributed by atoms with Crippen LogP contribution < -0.4 is 0 Å². The van der Waals surface area contributed by atoms with Gasteiger partial charge in [0.25, 0.3) is 0 Å². The van der Waals surface area contributed by atoms with Crippen molar-refractivity contribution in [3.8, 4) is 0 Å². The number of rotatable bonds is 7. The fourth-order valence-corrected chi connectivity index (χ4v) is 2.81. The molecule has 0 spiro atoms. The van der Waals surface area contributed by atoms with Gasteiger partial charge >= 0.3 is 0 Å². The summed E-state index contributed by atoms with van der Waals surface area (Å²) in [6, 6.07) is 4.74. The lowest BCUT2D eigenvalue weighted by atomic mass is 10.3. The number of likely N-dealkylation sites (N-methyl/N-ethyl adjacent to an activating group) is 1. The zero-order chi connectivity index (χ0) is 15.4. The Labute approximate surface area is 130 Å². The molecule has 1 heterocycles. The molecule has 116 valence electrons. The van der Waals surface area contributed by atoms with Gasteiger partial charge in [0.1, 0.15) is 11.6 Å². The highest BCUT2D eigenvalue weighted by Crippen LogP contribution is 2.25. The summed E-state index contributed by atoms with van der Waals surface area (Å²) in [5, 5.41) is -0.193. The summed E-state index contributed by atoms with van der Waals surface area (Å²) in [5.41, 5.74) is 1.63. The van der Waals surface area contributed by atoms with E-state index >= 15 is 0 Å². The third kappa shape index (κ3) is 3.74. The Hall–Kier alpha value is -1.13. The molecule has 0 fully saturated rings. The van der Waals surface area contributed by atoms with Gasteiger partial charge in [-0.1, -0.05) is 13.8 Å². The largest absolute Gasteiger partial charge is 0.325 e. The van der Waals surface area contributed by atoms with Crippen molar-refractivity contribution in [2.75, 3.05) is 19.6 Å². The van der Waals surface area contributed by atoms with Crippen LogP contribution in [0.5, 0.6) is 0 Å². The molecule has 0 amide bonds. The lowest BCUT2D eigenvalue weighted by Crippen LogP contribution is -2.28. The van der Waals surface area contributed by atoms with Crippen molar-refractivity contribution in [3.05, 3.63) is 29.8 Å². The average molecular weight is 312 g/mol. The minimum absolute atomic E-state index is 0.193. The molecule has 0 saturated carbocycles. The van der Waals surface area contributed by atoms with E-state index in [9.17, 15) is 4.39 Å². The van der Waals surface area contributed by atoms with Crippen LogP contribution in [0.3, 0.4) is 0 Å². The summed E-state index contributed by atoms with van der Waals surface area (Å²) in [6.07, 6.45) is 1.14. The predicted molar refractivity (Wildman–Crippen MR) is 86.4 cm³/mol. The maximum Gasteiger partial charge on any atom is 0.127 e. The molecule has 0 aliphatic rings. The van der Waals surface area contributed by atoms with Crippen LogP contribution in [0.25, 0.3) is 11.0 Å². The van der Waals surface area contributed by atoms with Gasteiger partial charge in [-0.15, -0.1) is 11.6 Å². The van der Waals surface area contributed by atoms with E-state index in [1.807, 2.05) is 6.92 Å². The Morgan fingerprint density at radius 3 is 2.71 bits per heavy atom. The van der Waals surface area contributed by atoms with Gasteiger partial charge in [-0.05, 0) is 38.6 Å².